The number of hydrogen-bond acceptors (Lipinski definition) is 4. The largest absolute Gasteiger partial charge is 0.497 e. The maximum absolute atomic E-state index is 12.3. The van der Waals surface area contributed by atoms with Crippen molar-refractivity contribution in [2.24, 2.45) is 0 Å². The van der Waals surface area contributed by atoms with Crippen LogP contribution in [-0.4, -0.2) is 43.5 Å². The lowest BCUT2D eigenvalue weighted by Gasteiger charge is -2.20. The summed E-state index contributed by atoms with van der Waals surface area (Å²) in [7, 11) is 1.58. The fraction of sp³-hybridized carbons (Fsp3) is 0.300. The Bertz CT molecular complexity index is 765. The van der Waals surface area contributed by atoms with E-state index in [0.29, 0.717) is 23.7 Å². The number of nitrogens with one attached hydrogen (secondary N) is 1. The van der Waals surface area contributed by atoms with E-state index in [9.17, 15) is 9.59 Å². The number of nitrogens with zero attached hydrogens (tertiary/aromatic N) is 1. The second-order valence-corrected chi connectivity index (χ2v) is 6.66. The molecule has 0 atom stereocenters. The van der Waals surface area contributed by atoms with Crippen molar-refractivity contribution in [1.29, 1.82) is 0 Å². The van der Waals surface area contributed by atoms with Crippen LogP contribution in [0.4, 0.5) is 5.69 Å². The zero-order valence-electron chi connectivity index (χ0n) is 15.4. The van der Waals surface area contributed by atoms with Gasteiger partial charge in [0.05, 0.1) is 26.7 Å². The van der Waals surface area contributed by atoms with Crippen LogP contribution in [0.5, 0.6) is 11.5 Å². The zero-order chi connectivity index (χ0) is 19.6. The number of carbonyl (C=O) groups is 2. The Labute approximate surface area is 167 Å². The van der Waals surface area contributed by atoms with Gasteiger partial charge in [-0.1, -0.05) is 22.0 Å². The molecule has 2 aromatic rings. The lowest BCUT2D eigenvalue weighted by atomic mass is 10.3. The molecule has 27 heavy (non-hydrogen) atoms. The van der Waals surface area contributed by atoms with E-state index in [1.807, 2.05) is 31.2 Å². The summed E-state index contributed by atoms with van der Waals surface area (Å²) in [5.41, 5.74) is 0.655. The smallest absolute Gasteiger partial charge is 0.243 e. The van der Waals surface area contributed by atoms with Gasteiger partial charge >= 0.3 is 0 Å². The first kappa shape index (κ1) is 20.8. The molecule has 0 aliphatic rings. The van der Waals surface area contributed by atoms with Crippen LogP contribution in [-0.2, 0) is 9.59 Å². The summed E-state index contributed by atoms with van der Waals surface area (Å²) in [6, 6.07) is 14.5. The fourth-order valence-electron chi connectivity index (χ4n) is 2.40. The molecule has 0 spiro atoms. The molecule has 2 amide bonds. The van der Waals surface area contributed by atoms with E-state index in [4.69, 9.17) is 9.47 Å². The number of methoxy groups -OCH3 is 1. The van der Waals surface area contributed by atoms with Crippen molar-refractivity contribution in [2.45, 2.75) is 13.3 Å². The van der Waals surface area contributed by atoms with E-state index in [0.717, 1.165) is 4.47 Å². The molecule has 0 bridgehead atoms. The number of halogens is 1. The van der Waals surface area contributed by atoms with Gasteiger partial charge in [-0.25, -0.2) is 0 Å². The highest BCUT2D eigenvalue weighted by atomic mass is 79.9. The summed E-state index contributed by atoms with van der Waals surface area (Å²) >= 11 is 3.37. The average Bonchev–Trinajstić information content (AvgIpc) is 2.66. The molecule has 0 unspecified atom stereocenters. The van der Waals surface area contributed by atoms with E-state index in [-0.39, 0.29) is 31.4 Å². The Kier molecular flexibility index (Phi) is 8.13. The predicted molar refractivity (Wildman–Crippen MR) is 108 cm³/mol. The SMILES string of the molecule is CCN(CC(=O)Nc1ccc(OC)cc1)C(=O)CCOc1cccc(Br)c1. The van der Waals surface area contributed by atoms with Crippen LogP contribution in [0.25, 0.3) is 0 Å². The molecular weight excluding hydrogens is 412 g/mol. The number of ether oxygens (including phenoxy) is 2. The molecule has 6 nitrogen and oxygen atoms in total. The quantitative estimate of drug-likeness (QED) is 0.652. The van der Waals surface area contributed by atoms with Gasteiger partial charge in [-0.05, 0) is 49.4 Å². The molecular formula is C20H23BrN2O4. The van der Waals surface area contributed by atoms with E-state index >= 15 is 0 Å². The van der Waals surface area contributed by atoms with Gasteiger partial charge in [0.1, 0.15) is 11.5 Å². The fourth-order valence-corrected chi connectivity index (χ4v) is 2.77. The zero-order valence-corrected chi connectivity index (χ0v) is 17.0. The van der Waals surface area contributed by atoms with Gasteiger partial charge in [0, 0.05) is 16.7 Å². The van der Waals surface area contributed by atoms with Gasteiger partial charge in [-0.3, -0.25) is 9.59 Å². The minimum atomic E-state index is -0.247. The van der Waals surface area contributed by atoms with Crippen molar-refractivity contribution in [3.05, 3.63) is 53.0 Å². The van der Waals surface area contributed by atoms with Crippen LogP contribution in [0.3, 0.4) is 0 Å². The summed E-state index contributed by atoms with van der Waals surface area (Å²) in [6.07, 6.45) is 0.205. The lowest BCUT2D eigenvalue weighted by molar-refractivity contribution is -0.134. The third kappa shape index (κ3) is 6.94. The highest BCUT2D eigenvalue weighted by molar-refractivity contribution is 9.10. The van der Waals surface area contributed by atoms with Crippen LogP contribution in [0, 0.1) is 0 Å². The molecule has 0 fully saturated rings. The first-order valence-electron chi connectivity index (χ1n) is 8.62. The van der Waals surface area contributed by atoms with E-state index in [1.165, 1.54) is 4.90 Å². The summed E-state index contributed by atoms with van der Waals surface area (Å²) in [4.78, 5) is 26.0. The Morgan fingerprint density at radius 1 is 1.11 bits per heavy atom. The molecule has 0 heterocycles. The highest BCUT2D eigenvalue weighted by Crippen LogP contribution is 2.18. The van der Waals surface area contributed by atoms with Crippen LogP contribution < -0.4 is 14.8 Å². The van der Waals surface area contributed by atoms with Gasteiger partial charge in [0.2, 0.25) is 11.8 Å². The van der Waals surface area contributed by atoms with Crippen molar-refractivity contribution < 1.29 is 19.1 Å². The second kappa shape index (κ2) is 10.6. The summed E-state index contributed by atoms with van der Waals surface area (Å²) < 4.78 is 11.6. The Hall–Kier alpha value is -2.54. The first-order valence-corrected chi connectivity index (χ1v) is 9.41. The molecule has 0 aromatic heterocycles. The van der Waals surface area contributed by atoms with Crippen molar-refractivity contribution in [2.75, 3.05) is 32.1 Å². The molecule has 0 radical (unpaired) electrons. The first-order chi connectivity index (χ1) is 13.0. The van der Waals surface area contributed by atoms with Crippen LogP contribution >= 0.6 is 15.9 Å². The van der Waals surface area contributed by atoms with Crippen molar-refractivity contribution in [3.8, 4) is 11.5 Å². The maximum Gasteiger partial charge on any atom is 0.243 e. The van der Waals surface area contributed by atoms with Crippen LogP contribution in [0.2, 0.25) is 0 Å². The third-order valence-electron chi connectivity index (χ3n) is 3.82. The van der Waals surface area contributed by atoms with Gasteiger partial charge in [-0.15, -0.1) is 0 Å². The van der Waals surface area contributed by atoms with Crippen LogP contribution in [0.15, 0.2) is 53.0 Å². The number of hydrogen-bond donors (Lipinski definition) is 1. The summed E-state index contributed by atoms with van der Waals surface area (Å²) in [5.74, 6) is 1.03. The normalized spacial score (nSPS) is 10.2. The molecule has 1 N–H and O–H groups in total. The van der Waals surface area contributed by atoms with E-state index < -0.39 is 0 Å². The summed E-state index contributed by atoms with van der Waals surface area (Å²) in [5, 5.41) is 2.78. The Balaban J connectivity index is 1.80. The maximum atomic E-state index is 12.3. The van der Waals surface area contributed by atoms with Crippen molar-refractivity contribution in [3.63, 3.8) is 0 Å². The van der Waals surface area contributed by atoms with Gasteiger partial charge < -0.3 is 19.7 Å². The van der Waals surface area contributed by atoms with E-state index in [1.54, 1.807) is 31.4 Å². The lowest BCUT2D eigenvalue weighted by Crippen LogP contribution is -2.38. The van der Waals surface area contributed by atoms with Gasteiger partial charge in [-0.2, -0.15) is 0 Å². The molecule has 2 aromatic carbocycles. The number of benzene rings is 2. The minimum Gasteiger partial charge on any atom is -0.497 e. The van der Waals surface area contributed by atoms with E-state index in [2.05, 4.69) is 21.2 Å². The number of likely N-dealkylation sites (N-methyl/N-ethyl adjacent to an activating group) is 1. The molecule has 0 saturated heterocycles. The topological polar surface area (TPSA) is 67.9 Å². The molecule has 0 aliphatic carbocycles. The molecule has 7 heteroatoms. The number of anilines is 1. The molecule has 144 valence electrons. The molecule has 0 aliphatic heterocycles. The number of amides is 2. The van der Waals surface area contributed by atoms with Gasteiger partial charge in [0.15, 0.2) is 0 Å². The third-order valence-corrected chi connectivity index (χ3v) is 4.32. The Morgan fingerprint density at radius 3 is 2.48 bits per heavy atom. The minimum absolute atomic E-state index is 0.00174. The Morgan fingerprint density at radius 2 is 1.85 bits per heavy atom. The van der Waals surface area contributed by atoms with Crippen molar-refractivity contribution in [1.82, 2.24) is 4.90 Å². The summed E-state index contributed by atoms with van der Waals surface area (Å²) in [6.45, 7) is 2.55. The molecule has 2 rings (SSSR count). The second-order valence-electron chi connectivity index (χ2n) is 5.74. The monoisotopic (exact) mass is 434 g/mol. The predicted octanol–water partition coefficient (Wildman–Crippen LogP) is 3.71. The van der Waals surface area contributed by atoms with Gasteiger partial charge in [0.25, 0.3) is 0 Å². The molecule has 0 saturated carbocycles. The van der Waals surface area contributed by atoms with Crippen molar-refractivity contribution >= 4 is 33.4 Å². The average molecular weight is 435 g/mol. The standard InChI is InChI=1S/C20H23BrN2O4/c1-3-23(14-19(24)22-16-7-9-17(26-2)10-8-16)20(25)11-12-27-18-6-4-5-15(21)13-18/h4-10,13H,3,11-12,14H2,1-2H3,(H,22,24). The number of carbonyl (C=O) groups excluding carboxylic acids is 2. The number of rotatable bonds is 9. The van der Waals surface area contributed by atoms with Crippen LogP contribution in [0.1, 0.15) is 13.3 Å². The highest BCUT2D eigenvalue weighted by Gasteiger charge is 2.15.